The van der Waals surface area contributed by atoms with Gasteiger partial charge in [0, 0.05) is 12.1 Å². The number of nitrogens with zero attached hydrogens (tertiary/aromatic N) is 1. The fourth-order valence-electron chi connectivity index (χ4n) is 2.78. The highest BCUT2D eigenvalue weighted by molar-refractivity contribution is 5.78. The van der Waals surface area contributed by atoms with Gasteiger partial charge in [-0.3, -0.25) is 4.79 Å². The lowest BCUT2D eigenvalue weighted by Gasteiger charge is -2.15. The number of rotatable bonds is 10. The number of ether oxygens (including phenoxy) is 3. The SMILES string of the molecule is C=CCc1cc(CNC(=O)Cc2ccc(OCC#N)cc2)cc(OC)c1OC. The van der Waals surface area contributed by atoms with E-state index < -0.39 is 0 Å². The van der Waals surface area contributed by atoms with Gasteiger partial charge in [0.05, 0.1) is 20.6 Å². The van der Waals surface area contributed by atoms with Crippen LogP contribution in [0, 0.1) is 11.3 Å². The summed E-state index contributed by atoms with van der Waals surface area (Å²) in [5, 5.41) is 11.4. The molecule has 0 atom stereocenters. The fraction of sp³-hybridized carbons (Fsp3) is 0.273. The highest BCUT2D eigenvalue weighted by Crippen LogP contribution is 2.33. The van der Waals surface area contributed by atoms with E-state index in [2.05, 4.69) is 11.9 Å². The van der Waals surface area contributed by atoms with Crippen LogP contribution in [-0.2, 0) is 24.2 Å². The topological polar surface area (TPSA) is 80.6 Å². The fourth-order valence-corrected chi connectivity index (χ4v) is 2.78. The molecule has 0 fully saturated rings. The Labute approximate surface area is 165 Å². The molecule has 0 heterocycles. The number of hydrogen-bond acceptors (Lipinski definition) is 5. The lowest BCUT2D eigenvalue weighted by molar-refractivity contribution is -0.120. The molecule has 2 rings (SSSR count). The minimum Gasteiger partial charge on any atom is -0.493 e. The Balaban J connectivity index is 1.99. The number of nitrogens with one attached hydrogen (secondary N) is 1. The summed E-state index contributed by atoms with van der Waals surface area (Å²) in [6.07, 6.45) is 2.69. The maximum atomic E-state index is 12.3. The first-order valence-corrected chi connectivity index (χ1v) is 8.81. The average Bonchev–Trinajstić information content (AvgIpc) is 2.71. The van der Waals surface area contributed by atoms with E-state index in [4.69, 9.17) is 19.5 Å². The van der Waals surface area contributed by atoms with Gasteiger partial charge in [0.1, 0.15) is 11.8 Å². The zero-order valence-corrected chi connectivity index (χ0v) is 16.2. The Morgan fingerprint density at radius 1 is 1.18 bits per heavy atom. The normalized spacial score (nSPS) is 9.89. The van der Waals surface area contributed by atoms with E-state index in [-0.39, 0.29) is 18.9 Å². The summed E-state index contributed by atoms with van der Waals surface area (Å²) < 4.78 is 16.0. The third-order valence-electron chi connectivity index (χ3n) is 4.06. The van der Waals surface area contributed by atoms with Crippen molar-refractivity contribution < 1.29 is 19.0 Å². The molecule has 2 aromatic rings. The Hall–Kier alpha value is -3.46. The number of carbonyl (C=O) groups is 1. The van der Waals surface area contributed by atoms with E-state index >= 15 is 0 Å². The summed E-state index contributed by atoms with van der Waals surface area (Å²) in [4.78, 5) is 12.3. The molecule has 0 spiro atoms. The summed E-state index contributed by atoms with van der Waals surface area (Å²) in [5.74, 6) is 1.81. The molecule has 0 aromatic heterocycles. The van der Waals surface area contributed by atoms with E-state index in [9.17, 15) is 4.79 Å². The Bertz CT molecular complexity index is 854. The Morgan fingerprint density at radius 2 is 1.93 bits per heavy atom. The second kappa shape index (κ2) is 10.6. The van der Waals surface area contributed by atoms with Crippen LogP contribution < -0.4 is 19.5 Å². The molecular formula is C22H24N2O4. The summed E-state index contributed by atoms with van der Waals surface area (Å²) in [7, 11) is 3.18. The summed E-state index contributed by atoms with van der Waals surface area (Å²) in [5.41, 5.74) is 2.73. The monoisotopic (exact) mass is 380 g/mol. The Kier molecular flexibility index (Phi) is 7.92. The smallest absolute Gasteiger partial charge is 0.224 e. The standard InChI is InChI=1S/C22H24N2O4/c1-4-5-18-12-17(13-20(26-2)22(18)27-3)15-24-21(25)14-16-6-8-19(9-7-16)28-11-10-23/h4,6-9,12-13H,1,5,11,14-15H2,2-3H3,(H,24,25). The predicted molar refractivity (Wildman–Crippen MR) is 107 cm³/mol. The maximum Gasteiger partial charge on any atom is 0.224 e. The average molecular weight is 380 g/mol. The summed E-state index contributed by atoms with van der Waals surface area (Å²) in [6, 6.07) is 12.9. The van der Waals surface area contributed by atoms with E-state index in [1.54, 1.807) is 32.4 Å². The van der Waals surface area contributed by atoms with Gasteiger partial charge in [-0.05, 0) is 41.8 Å². The molecule has 1 amide bonds. The van der Waals surface area contributed by atoms with Crippen molar-refractivity contribution in [3.8, 4) is 23.3 Å². The van der Waals surface area contributed by atoms with Crippen LogP contribution in [0.2, 0.25) is 0 Å². The van der Waals surface area contributed by atoms with Crippen LogP contribution in [0.15, 0.2) is 49.1 Å². The van der Waals surface area contributed by atoms with Gasteiger partial charge in [-0.2, -0.15) is 5.26 Å². The third kappa shape index (κ3) is 5.78. The van der Waals surface area contributed by atoms with Crippen LogP contribution in [0.3, 0.4) is 0 Å². The van der Waals surface area contributed by atoms with Crippen molar-refractivity contribution in [2.75, 3.05) is 20.8 Å². The quantitative estimate of drug-likeness (QED) is 0.640. The van der Waals surface area contributed by atoms with Crippen LogP contribution in [0.1, 0.15) is 16.7 Å². The van der Waals surface area contributed by atoms with Gasteiger partial charge in [0.2, 0.25) is 5.91 Å². The number of hydrogen-bond donors (Lipinski definition) is 1. The lowest BCUT2D eigenvalue weighted by Crippen LogP contribution is -2.24. The molecule has 0 unspecified atom stereocenters. The molecule has 6 heteroatoms. The van der Waals surface area contributed by atoms with Gasteiger partial charge in [-0.1, -0.05) is 18.2 Å². The molecule has 0 saturated heterocycles. The van der Waals surface area contributed by atoms with Crippen molar-refractivity contribution >= 4 is 5.91 Å². The van der Waals surface area contributed by atoms with E-state index in [1.165, 1.54) is 0 Å². The number of carbonyl (C=O) groups excluding carboxylic acids is 1. The maximum absolute atomic E-state index is 12.3. The van der Waals surface area contributed by atoms with Crippen molar-refractivity contribution in [1.82, 2.24) is 5.32 Å². The molecule has 0 radical (unpaired) electrons. The first-order chi connectivity index (χ1) is 13.6. The number of allylic oxidation sites excluding steroid dienone is 1. The van der Waals surface area contributed by atoms with Crippen molar-refractivity contribution in [3.05, 3.63) is 65.7 Å². The van der Waals surface area contributed by atoms with E-state index in [0.29, 0.717) is 30.2 Å². The molecule has 146 valence electrons. The Morgan fingerprint density at radius 3 is 2.54 bits per heavy atom. The van der Waals surface area contributed by atoms with Crippen LogP contribution in [0.5, 0.6) is 17.2 Å². The highest BCUT2D eigenvalue weighted by Gasteiger charge is 2.12. The van der Waals surface area contributed by atoms with Crippen molar-refractivity contribution in [1.29, 1.82) is 5.26 Å². The van der Waals surface area contributed by atoms with Crippen LogP contribution in [0.4, 0.5) is 0 Å². The van der Waals surface area contributed by atoms with Gasteiger partial charge in [0.25, 0.3) is 0 Å². The van der Waals surface area contributed by atoms with Gasteiger partial charge < -0.3 is 19.5 Å². The molecular weight excluding hydrogens is 356 g/mol. The molecule has 0 bridgehead atoms. The number of benzene rings is 2. The largest absolute Gasteiger partial charge is 0.493 e. The second-order valence-corrected chi connectivity index (χ2v) is 6.03. The van der Waals surface area contributed by atoms with E-state index in [0.717, 1.165) is 16.7 Å². The number of nitriles is 1. The molecule has 1 N–H and O–H groups in total. The first kappa shape index (κ1) is 20.8. The molecule has 0 aliphatic rings. The van der Waals surface area contributed by atoms with Crippen LogP contribution in [0.25, 0.3) is 0 Å². The van der Waals surface area contributed by atoms with Crippen LogP contribution >= 0.6 is 0 Å². The molecule has 0 aliphatic heterocycles. The van der Waals surface area contributed by atoms with Crippen molar-refractivity contribution in [3.63, 3.8) is 0 Å². The first-order valence-electron chi connectivity index (χ1n) is 8.81. The van der Waals surface area contributed by atoms with Crippen molar-refractivity contribution in [2.24, 2.45) is 0 Å². The van der Waals surface area contributed by atoms with Gasteiger partial charge in [-0.25, -0.2) is 0 Å². The van der Waals surface area contributed by atoms with Crippen molar-refractivity contribution in [2.45, 2.75) is 19.4 Å². The third-order valence-corrected chi connectivity index (χ3v) is 4.06. The molecule has 6 nitrogen and oxygen atoms in total. The van der Waals surface area contributed by atoms with Gasteiger partial charge >= 0.3 is 0 Å². The lowest BCUT2D eigenvalue weighted by atomic mass is 10.1. The zero-order chi connectivity index (χ0) is 20.4. The van der Waals surface area contributed by atoms with Crippen LogP contribution in [-0.4, -0.2) is 26.7 Å². The van der Waals surface area contributed by atoms with E-state index in [1.807, 2.05) is 30.3 Å². The highest BCUT2D eigenvalue weighted by atomic mass is 16.5. The predicted octanol–water partition coefficient (Wildman–Crippen LogP) is 3.19. The summed E-state index contributed by atoms with van der Waals surface area (Å²) >= 11 is 0. The van der Waals surface area contributed by atoms with Gasteiger partial charge in [0.15, 0.2) is 18.1 Å². The zero-order valence-electron chi connectivity index (χ0n) is 16.2. The second-order valence-electron chi connectivity index (χ2n) is 6.03. The molecule has 0 aliphatic carbocycles. The van der Waals surface area contributed by atoms with Gasteiger partial charge in [-0.15, -0.1) is 6.58 Å². The minimum absolute atomic E-state index is 0.000994. The molecule has 0 saturated carbocycles. The summed E-state index contributed by atoms with van der Waals surface area (Å²) in [6.45, 7) is 4.15. The molecule has 28 heavy (non-hydrogen) atoms. The number of amides is 1. The minimum atomic E-state index is -0.0919. The number of methoxy groups -OCH3 is 2. The molecule has 2 aromatic carbocycles.